The molecule has 3 rings (SSSR count). The van der Waals surface area contributed by atoms with Crippen LogP contribution in [0.4, 0.5) is 5.69 Å². The van der Waals surface area contributed by atoms with Crippen molar-refractivity contribution in [3.63, 3.8) is 0 Å². The van der Waals surface area contributed by atoms with Gasteiger partial charge in [0.05, 0.1) is 23.6 Å². The van der Waals surface area contributed by atoms with Crippen molar-refractivity contribution in [1.82, 2.24) is 4.90 Å². The molecule has 0 spiro atoms. The van der Waals surface area contributed by atoms with Crippen LogP contribution in [-0.4, -0.2) is 61.4 Å². The second kappa shape index (κ2) is 12.8. The third-order valence-corrected chi connectivity index (χ3v) is 10.2. The number of nitrogens with zero attached hydrogens (tertiary/aromatic N) is 2. The van der Waals surface area contributed by atoms with Crippen LogP contribution in [0.15, 0.2) is 34.3 Å². The van der Waals surface area contributed by atoms with Crippen LogP contribution in [0.25, 0.3) is 0 Å². The van der Waals surface area contributed by atoms with Crippen LogP contribution in [0.2, 0.25) is 0 Å². The van der Waals surface area contributed by atoms with E-state index in [4.69, 9.17) is 4.52 Å². The molecule has 1 aromatic carbocycles. The van der Waals surface area contributed by atoms with E-state index in [1.807, 2.05) is 18.2 Å². The van der Waals surface area contributed by atoms with Crippen LogP contribution >= 0.6 is 7.52 Å². The number of carbonyl (C=O) groups is 1. The van der Waals surface area contributed by atoms with Gasteiger partial charge in [-0.05, 0) is 68.1 Å². The monoisotopic (exact) mass is 595 g/mol. The normalized spacial score (nSPS) is 21.6. The van der Waals surface area contributed by atoms with Crippen molar-refractivity contribution in [2.45, 2.75) is 86.1 Å². The van der Waals surface area contributed by atoms with Gasteiger partial charge in [-0.25, -0.2) is 8.42 Å². The van der Waals surface area contributed by atoms with E-state index < -0.39 is 23.4 Å². The minimum absolute atomic E-state index is 0.0106. The van der Waals surface area contributed by atoms with Crippen molar-refractivity contribution >= 4 is 40.1 Å². The van der Waals surface area contributed by atoms with Crippen LogP contribution in [0.1, 0.15) is 79.2 Å². The molecule has 0 aliphatic carbocycles. The lowest BCUT2D eigenvalue weighted by Gasteiger charge is -2.30. The highest BCUT2D eigenvalue weighted by atomic mass is 32.2. The second-order valence-electron chi connectivity index (χ2n) is 12.5. The summed E-state index contributed by atoms with van der Waals surface area (Å²) in [5, 5.41) is 14.9. The Labute approximate surface area is 239 Å². The fraction of sp³-hybridized carbons (Fsp3) is 0.655. The molecule has 224 valence electrons. The first-order chi connectivity index (χ1) is 18.5. The molecule has 2 aliphatic heterocycles. The van der Waals surface area contributed by atoms with Gasteiger partial charge in [-0.3, -0.25) is 9.36 Å². The molecule has 2 atom stereocenters. The first kappa shape index (κ1) is 32.4. The number of carbonyl (C=O) groups excluding carboxylic acids is 1. The van der Waals surface area contributed by atoms with Gasteiger partial charge in [0.25, 0.3) is 5.91 Å². The first-order valence-electron chi connectivity index (χ1n) is 14.2. The number of nitrogens with one attached hydrogen (secondary N) is 1. The highest BCUT2D eigenvalue weighted by molar-refractivity contribution is 7.90. The molecular formula is C29H46N3O6PS. The van der Waals surface area contributed by atoms with Gasteiger partial charge in [0.1, 0.15) is 21.2 Å². The van der Waals surface area contributed by atoms with E-state index in [1.54, 1.807) is 11.8 Å². The first-order valence-corrected chi connectivity index (χ1v) is 17.9. The molecule has 0 aromatic heterocycles. The predicted molar refractivity (Wildman–Crippen MR) is 162 cm³/mol. The van der Waals surface area contributed by atoms with E-state index in [2.05, 4.69) is 44.7 Å². The van der Waals surface area contributed by atoms with E-state index in [0.717, 1.165) is 24.8 Å². The van der Waals surface area contributed by atoms with Crippen LogP contribution < -0.4 is 10.6 Å². The molecule has 2 heterocycles. The molecule has 2 N–H and O–H groups in total. The zero-order valence-electron chi connectivity index (χ0n) is 25.0. The average Bonchev–Trinajstić information content (AvgIpc) is 3.04. The summed E-state index contributed by atoms with van der Waals surface area (Å²) in [7, 11) is -6.71. The topological polar surface area (TPSA) is 125 Å². The summed E-state index contributed by atoms with van der Waals surface area (Å²) < 4.78 is 47.1. The molecule has 40 heavy (non-hydrogen) atoms. The van der Waals surface area contributed by atoms with Gasteiger partial charge in [0, 0.05) is 18.6 Å². The quantitative estimate of drug-likeness (QED) is 0.224. The maximum Gasteiger partial charge on any atom is 0.348 e. The van der Waals surface area contributed by atoms with E-state index >= 15 is 0 Å². The fourth-order valence-electron chi connectivity index (χ4n) is 5.00. The van der Waals surface area contributed by atoms with Crippen molar-refractivity contribution in [2.24, 2.45) is 16.1 Å². The molecule has 9 nitrogen and oxygen atoms in total. The minimum Gasteiger partial charge on any atom is -0.509 e. The summed E-state index contributed by atoms with van der Waals surface area (Å²) in [6, 6.07) is 5.08. The van der Waals surface area contributed by atoms with Crippen molar-refractivity contribution < 1.29 is 27.4 Å². The number of aliphatic hydroxyl groups excluding tert-OH is 1. The number of rotatable bonds is 13. The third kappa shape index (κ3) is 8.20. The number of sulfone groups is 1. The Balaban J connectivity index is 1.90. The maximum absolute atomic E-state index is 14.1. The molecule has 0 saturated carbocycles. The highest BCUT2D eigenvalue weighted by Gasteiger charge is 2.45. The Hall–Kier alpha value is -2.16. The number of amides is 1. The molecule has 0 bridgehead atoms. The smallest absolute Gasteiger partial charge is 0.348 e. The van der Waals surface area contributed by atoms with Crippen LogP contribution in [-0.2, 0) is 30.1 Å². The number of benzene rings is 1. The lowest BCUT2D eigenvalue weighted by molar-refractivity contribution is -0.127. The van der Waals surface area contributed by atoms with Crippen molar-refractivity contribution in [3.05, 3.63) is 35.1 Å². The van der Waals surface area contributed by atoms with Crippen molar-refractivity contribution in [2.75, 3.05) is 30.5 Å². The average molecular weight is 596 g/mol. The number of hydrogen-bond donors (Lipinski definition) is 2. The number of amidine groups is 1. The number of unbranched alkanes of at least 4 members (excludes halogenated alkanes) is 2. The van der Waals surface area contributed by atoms with Gasteiger partial charge in [-0.2, -0.15) is 4.76 Å². The number of hydrogen-bond acceptors (Lipinski definition) is 7. The predicted octanol–water partition coefficient (Wildman–Crippen LogP) is 5.63. The van der Waals surface area contributed by atoms with Gasteiger partial charge in [-0.1, -0.05) is 47.1 Å². The van der Waals surface area contributed by atoms with E-state index in [0.29, 0.717) is 36.8 Å². The van der Waals surface area contributed by atoms with Crippen LogP contribution in [0.5, 0.6) is 0 Å². The zero-order chi connectivity index (χ0) is 29.9. The zero-order valence-corrected chi connectivity index (χ0v) is 26.7. The van der Waals surface area contributed by atoms with Gasteiger partial charge < -0.3 is 19.8 Å². The summed E-state index contributed by atoms with van der Waals surface area (Å²) in [4.78, 5) is 15.4. The molecule has 0 radical (unpaired) electrons. The lowest BCUT2D eigenvalue weighted by Crippen LogP contribution is -2.39. The van der Waals surface area contributed by atoms with Gasteiger partial charge in [-0.15, -0.1) is 0 Å². The minimum atomic E-state index is -3.74. The molecule has 1 unspecified atom stereocenters. The highest BCUT2D eigenvalue weighted by Crippen LogP contribution is 2.52. The third-order valence-electron chi connectivity index (χ3n) is 7.09. The van der Waals surface area contributed by atoms with Crippen molar-refractivity contribution in [1.29, 1.82) is 0 Å². The molecule has 2 aliphatic rings. The standard InChI is InChI=1S/C29H46N3O6PS/c1-8-38-39(35)24-19-21(12-10-9-11-17-40(7,36)37)13-14-22(24)30-27(31-39)25-26(33)23(18-20(2)3)32(28(25)34)16-15-29(4,5)6/h13-14,19-20,23,33H,8-12,15-18H2,1-7H3,(H,30,31,35)/t23-,39?/m0/s1. The van der Waals surface area contributed by atoms with Crippen LogP contribution in [0, 0.1) is 11.3 Å². The Kier molecular flexibility index (Phi) is 10.3. The van der Waals surface area contributed by atoms with Gasteiger partial charge in [0.2, 0.25) is 0 Å². The van der Waals surface area contributed by atoms with Gasteiger partial charge >= 0.3 is 7.52 Å². The Morgan fingerprint density at radius 2 is 1.90 bits per heavy atom. The second-order valence-corrected chi connectivity index (χ2v) is 16.8. The lowest BCUT2D eigenvalue weighted by atomic mass is 9.91. The SMILES string of the molecule is CCOP1(=O)N=C(C2=C(O)[C@H](CC(C)C)N(CCC(C)(C)C)C2=O)Nc2ccc(CCCCCS(C)(=O)=O)cc21. The molecular weight excluding hydrogens is 549 g/mol. The Bertz CT molecular complexity index is 1310. The summed E-state index contributed by atoms with van der Waals surface area (Å²) in [5.41, 5.74) is 1.55. The largest absolute Gasteiger partial charge is 0.509 e. The molecule has 11 heteroatoms. The molecule has 0 fully saturated rings. The molecule has 1 aromatic rings. The summed E-state index contributed by atoms with van der Waals surface area (Å²) in [6.45, 7) is 12.9. The number of aryl methyl sites for hydroxylation is 1. The van der Waals surface area contributed by atoms with Gasteiger partial charge in [0.15, 0.2) is 5.84 Å². The molecule has 1 amide bonds. The van der Waals surface area contributed by atoms with E-state index in [-0.39, 0.29) is 46.8 Å². The number of anilines is 1. The summed E-state index contributed by atoms with van der Waals surface area (Å²) in [6.07, 6.45) is 5.49. The summed E-state index contributed by atoms with van der Waals surface area (Å²) >= 11 is 0. The maximum atomic E-state index is 14.1. The number of aliphatic hydroxyl groups is 1. The Morgan fingerprint density at radius 3 is 2.50 bits per heavy atom. The van der Waals surface area contributed by atoms with Crippen LogP contribution in [0.3, 0.4) is 0 Å². The summed E-state index contributed by atoms with van der Waals surface area (Å²) in [5.74, 6) is 0.127. The number of fused-ring (bicyclic) bond motifs is 1. The van der Waals surface area contributed by atoms with Crippen molar-refractivity contribution in [3.8, 4) is 0 Å². The van der Waals surface area contributed by atoms with E-state index in [9.17, 15) is 22.9 Å². The Morgan fingerprint density at radius 1 is 1.20 bits per heavy atom. The molecule has 0 saturated heterocycles. The van der Waals surface area contributed by atoms with E-state index in [1.165, 1.54) is 6.26 Å². The fourth-order valence-corrected chi connectivity index (χ4v) is 7.56.